The predicted octanol–water partition coefficient (Wildman–Crippen LogP) is 3.24. The highest BCUT2D eigenvalue weighted by molar-refractivity contribution is 7.80. The molecule has 0 heterocycles. The zero-order valence-electron chi connectivity index (χ0n) is 11.4. The molecule has 1 rings (SSSR count). The van der Waals surface area contributed by atoms with Crippen molar-refractivity contribution in [1.29, 1.82) is 0 Å². The van der Waals surface area contributed by atoms with Crippen LogP contribution in [-0.2, 0) is 6.18 Å². The van der Waals surface area contributed by atoms with Gasteiger partial charge < -0.3 is 16.0 Å². The Morgan fingerprint density at radius 3 is 2.62 bits per heavy atom. The van der Waals surface area contributed by atoms with Crippen molar-refractivity contribution in [3.8, 4) is 0 Å². The first-order chi connectivity index (χ1) is 9.74. The lowest BCUT2D eigenvalue weighted by Crippen LogP contribution is -2.36. The summed E-state index contributed by atoms with van der Waals surface area (Å²) in [6.45, 7) is 2.47. The molecule has 0 aliphatic heterocycles. The summed E-state index contributed by atoms with van der Waals surface area (Å²) < 4.78 is 37.8. The number of halogens is 3. The van der Waals surface area contributed by atoms with Gasteiger partial charge in [0.2, 0.25) is 0 Å². The number of benzene rings is 1. The summed E-state index contributed by atoms with van der Waals surface area (Å²) in [6.07, 6.45) is -4.09. The molecule has 0 saturated carbocycles. The van der Waals surface area contributed by atoms with Crippen molar-refractivity contribution in [2.24, 2.45) is 5.73 Å². The van der Waals surface area contributed by atoms with Gasteiger partial charge in [0.05, 0.1) is 10.6 Å². The largest absolute Gasteiger partial charge is 0.416 e. The first-order valence-electron chi connectivity index (χ1n) is 6.25. The van der Waals surface area contributed by atoms with Crippen LogP contribution in [0.1, 0.15) is 18.9 Å². The number of hydrogen-bond acceptors (Lipinski definition) is 2. The summed E-state index contributed by atoms with van der Waals surface area (Å²) in [4.78, 5) is 13.7. The highest BCUT2D eigenvalue weighted by Crippen LogP contribution is 2.30. The van der Waals surface area contributed by atoms with Gasteiger partial charge in [0.1, 0.15) is 0 Å². The number of amides is 2. The Bertz CT molecular complexity index is 520. The monoisotopic (exact) mass is 319 g/mol. The molecule has 0 aliphatic carbocycles. The molecule has 8 heteroatoms. The van der Waals surface area contributed by atoms with Gasteiger partial charge in [0.15, 0.2) is 0 Å². The van der Waals surface area contributed by atoms with Crippen molar-refractivity contribution in [1.82, 2.24) is 4.90 Å². The highest BCUT2D eigenvalue weighted by atomic mass is 32.1. The smallest absolute Gasteiger partial charge is 0.393 e. The first-order valence-corrected chi connectivity index (χ1v) is 6.66. The second kappa shape index (κ2) is 7.26. The molecule has 0 spiro atoms. The van der Waals surface area contributed by atoms with Gasteiger partial charge in [0.25, 0.3) is 0 Å². The minimum atomic E-state index is -4.45. The van der Waals surface area contributed by atoms with Crippen LogP contribution >= 0.6 is 12.2 Å². The summed E-state index contributed by atoms with van der Waals surface area (Å²) in [5, 5.41) is 2.43. The van der Waals surface area contributed by atoms with Crippen LogP contribution < -0.4 is 11.1 Å². The van der Waals surface area contributed by atoms with Gasteiger partial charge in [-0.2, -0.15) is 13.2 Å². The number of nitrogens with zero attached hydrogens (tertiary/aromatic N) is 1. The lowest BCUT2D eigenvalue weighted by Gasteiger charge is -2.21. The Morgan fingerprint density at radius 1 is 1.43 bits per heavy atom. The molecular weight excluding hydrogens is 303 g/mol. The van der Waals surface area contributed by atoms with Gasteiger partial charge in [-0.15, -0.1) is 0 Å². The van der Waals surface area contributed by atoms with E-state index in [1.165, 1.54) is 17.0 Å². The third-order valence-corrected chi connectivity index (χ3v) is 2.94. The average molecular weight is 319 g/mol. The van der Waals surface area contributed by atoms with Crippen molar-refractivity contribution < 1.29 is 18.0 Å². The number of carbonyl (C=O) groups excluding carboxylic acids is 1. The van der Waals surface area contributed by atoms with E-state index in [4.69, 9.17) is 18.0 Å². The summed E-state index contributed by atoms with van der Waals surface area (Å²) in [5.41, 5.74) is 4.64. The number of thiocarbonyl (C=S) groups is 1. The van der Waals surface area contributed by atoms with E-state index in [-0.39, 0.29) is 10.7 Å². The number of nitrogens with two attached hydrogens (primary N) is 1. The standard InChI is InChI=1S/C13H16F3N3OS/c1-2-19(7-6-11(17)21)12(20)18-10-5-3-4-9(8-10)13(14,15)16/h3-5,8H,2,6-7H2,1H3,(H2,17,21)(H,18,20). The SMILES string of the molecule is CCN(CCC(N)=S)C(=O)Nc1cccc(C(F)(F)F)c1. The molecule has 2 amide bonds. The normalized spacial score (nSPS) is 11.0. The van der Waals surface area contributed by atoms with Gasteiger partial charge in [0, 0.05) is 25.2 Å². The van der Waals surface area contributed by atoms with E-state index in [0.717, 1.165) is 12.1 Å². The van der Waals surface area contributed by atoms with Crippen LogP contribution in [0.3, 0.4) is 0 Å². The van der Waals surface area contributed by atoms with E-state index in [2.05, 4.69) is 5.32 Å². The Kier molecular flexibility index (Phi) is 5.95. The number of rotatable bonds is 5. The number of alkyl halides is 3. The summed E-state index contributed by atoms with van der Waals surface area (Å²) in [5.74, 6) is 0. The number of carbonyl (C=O) groups is 1. The van der Waals surface area contributed by atoms with Crippen LogP contribution in [0.5, 0.6) is 0 Å². The van der Waals surface area contributed by atoms with Gasteiger partial charge >= 0.3 is 12.2 Å². The molecule has 4 nitrogen and oxygen atoms in total. The van der Waals surface area contributed by atoms with E-state index in [9.17, 15) is 18.0 Å². The van der Waals surface area contributed by atoms with Gasteiger partial charge in [-0.25, -0.2) is 4.79 Å². The molecular formula is C13H16F3N3OS. The molecule has 0 fully saturated rings. The molecule has 0 bridgehead atoms. The fraction of sp³-hybridized carbons (Fsp3) is 0.385. The van der Waals surface area contributed by atoms with E-state index in [0.29, 0.717) is 19.5 Å². The van der Waals surface area contributed by atoms with E-state index >= 15 is 0 Å². The first kappa shape index (κ1) is 17.2. The van der Waals surface area contributed by atoms with E-state index in [1.807, 2.05) is 0 Å². The summed E-state index contributed by atoms with van der Waals surface area (Å²) in [7, 11) is 0. The third-order valence-electron chi connectivity index (χ3n) is 2.74. The summed E-state index contributed by atoms with van der Waals surface area (Å²) >= 11 is 4.73. The maximum Gasteiger partial charge on any atom is 0.416 e. The van der Waals surface area contributed by atoms with E-state index < -0.39 is 17.8 Å². The van der Waals surface area contributed by atoms with Crippen molar-refractivity contribution in [3.05, 3.63) is 29.8 Å². The van der Waals surface area contributed by atoms with Crippen molar-refractivity contribution in [3.63, 3.8) is 0 Å². The van der Waals surface area contributed by atoms with E-state index in [1.54, 1.807) is 6.92 Å². The van der Waals surface area contributed by atoms with Crippen LogP contribution in [0.4, 0.5) is 23.7 Å². The zero-order chi connectivity index (χ0) is 16.0. The van der Waals surface area contributed by atoms with Crippen LogP contribution in [0.15, 0.2) is 24.3 Å². The molecule has 1 aromatic rings. The molecule has 21 heavy (non-hydrogen) atoms. The number of hydrogen-bond donors (Lipinski definition) is 2. The minimum Gasteiger partial charge on any atom is -0.393 e. The Morgan fingerprint density at radius 2 is 2.10 bits per heavy atom. The minimum absolute atomic E-state index is 0.0867. The Labute approximate surface area is 126 Å². The molecule has 116 valence electrons. The molecule has 0 saturated heterocycles. The van der Waals surface area contributed by atoms with Crippen LogP contribution in [0.2, 0.25) is 0 Å². The third kappa shape index (κ3) is 5.58. The molecule has 0 unspecified atom stereocenters. The second-order valence-electron chi connectivity index (χ2n) is 4.30. The van der Waals surface area contributed by atoms with Gasteiger partial charge in [-0.05, 0) is 25.1 Å². The Balaban J connectivity index is 2.75. The molecule has 0 aromatic heterocycles. The van der Waals surface area contributed by atoms with Crippen molar-refractivity contribution in [2.75, 3.05) is 18.4 Å². The Hall–Kier alpha value is -1.83. The van der Waals surface area contributed by atoms with Crippen molar-refractivity contribution >= 4 is 28.9 Å². The van der Waals surface area contributed by atoms with Crippen LogP contribution in [-0.4, -0.2) is 29.0 Å². The molecule has 1 aromatic carbocycles. The lowest BCUT2D eigenvalue weighted by molar-refractivity contribution is -0.137. The second-order valence-corrected chi connectivity index (χ2v) is 4.83. The number of urea groups is 1. The lowest BCUT2D eigenvalue weighted by atomic mass is 10.2. The quantitative estimate of drug-likeness (QED) is 0.819. The molecule has 3 N–H and O–H groups in total. The van der Waals surface area contributed by atoms with Gasteiger partial charge in [-0.3, -0.25) is 0 Å². The van der Waals surface area contributed by atoms with Crippen molar-refractivity contribution in [2.45, 2.75) is 19.5 Å². The highest BCUT2D eigenvalue weighted by Gasteiger charge is 2.30. The zero-order valence-corrected chi connectivity index (χ0v) is 12.2. The molecule has 0 aliphatic rings. The fourth-order valence-corrected chi connectivity index (χ4v) is 1.72. The average Bonchev–Trinajstić information content (AvgIpc) is 2.38. The van der Waals surface area contributed by atoms with Gasteiger partial charge in [-0.1, -0.05) is 18.3 Å². The van der Waals surface area contributed by atoms with Crippen LogP contribution in [0, 0.1) is 0 Å². The molecule has 0 atom stereocenters. The summed E-state index contributed by atoms with van der Waals surface area (Å²) in [6, 6.07) is 3.98. The number of anilines is 1. The topological polar surface area (TPSA) is 58.4 Å². The molecule has 0 radical (unpaired) electrons. The predicted molar refractivity (Wildman–Crippen MR) is 79.1 cm³/mol. The maximum atomic E-state index is 12.6. The fourth-order valence-electron chi connectivity index (χ4n) is 1.62. The maximum absolute atomic E-state index is 12.6. The number of nitrogens with one attached hydrogen (secondary N) is 1. The van der Waals surface area contributed by atoms with Crippen LogP contribution in [0.25, 0.3) is 0 Å².